The van der Waals surface area contributed by atoms with Crippen molar-refractivity contribution in [3.05, 3.63) is 69.2 Å². The lowest BCUT2D eigenvalue weighted by atomic mass is 9.92. The first-order chi connectivity index (χ1) is 10.0. The fraction of sp³-hybridized carbons (Fsp3) is 0.176. The fourth-order valence-electron chi connectivity index (χ4n) is 2.01. The van der Waals surface area contributed by atoms with Crippen LogP contribution in [0.4, 0.5) is 0 Å². The number of nitrogens with zero attached hydrogens (tertiary/aromatic N) is 1. The molecule has 0 aromatic heterocycles. The molecule has 2 aromatic carbocycles. The molecule has 1 atom stereocenters. The first kappa shape index (κ1) is 15.6. The third-order valence-corrected chi connectivity index (χ3v) is 4.01. The van der Waals surface area contributed by atoms with E-state index in [1.165, 1.54) is 6.07 Å². The number of carbonyl (C=O) groups is 1. The van der Waals surface area contributed by atoms with Gasteiger partial charge in [0.2, 0.25) is 0 Å². The predicted molar refractivity (Wildman–Crippen MR) is 84.9 cm³/mol. The van der Waals surface area contributed by atoms with Crippen LogP contribution in [0.25, 0.3) is 0 Å². The van der Waals surface area contributed by atoms with Gasteiger partial charge < -0.3 is 0 Å². The van der Waals surface area contributed by atoms with Crippen LogP contribution in [0.3, 0.4) is 0 Å². The summed E-state index contributed by atoms with van der Waals surface area (Å²) in [5, 5.41) is 10.0. The van der Waals surface area contributed by atoms with Crippen molar-refractivity contribution in [1.29, 1.82) is 5.26 Å². The molecule has 0 radical (unpaired) electrons. The second-order valence-corrected chi connectivity index (χ2v) is 5.66. The van der Waals surface area contributed by atoms with E-state index in [1.54, 1.807) is 12.1 Å². The largest absolute Gasteiger partial charge is 0.294 e. The SMILES string of the molecule is Cc1ccc([C@@H](C#N)CC(=O)c2ccc(Cl)c(Cl)c2)cc1. The average Bonchev–Trinajstić information content (AvgIpc) is 2.48. The zero-order chi connectivity index (χ0) is 15.4. The summed E-state index contributed by atoms with van der Waals surface area (Å²) in [4.78, 5) is 12.3. The number of aryl methyl sites for hydroxylation is 1. The van der Waals surface area contributed by atoms with Crippen molar-refractivity contribution < 1.29 is 4.79 Å². The van der Waals surface area contributed by atoms with Crippen molar-refractivity contribution in [2.24, 2.45) is 0 Å². The molecule has 0 aliphatic rings. The highest BCUT2D eigenvalue weighted by Gasteiger charge is 2.17. The number of halogens is 2. The number of carbonyl (C=O) groups excluding carboxylic acids is 1. The van der Waals surface area contributed by atoms with Crippen molar-refractivity contribution in [3.8, 4) is 6.07 Å². The zero-order valence-corrected chi connectivity index (χ0v) is 12.9. The monoisotopic (exact) mass is 317 g/mol. The Labute approximate surface area is 133 Å². The standard InChI is InChI=1S/C17H13Cl2NO/c1-11-2-4-12(5-3-11)14(10-20)9-17(21)13-6-7-15(18)16(19)8-13/h2-8,14H,9H2,1H3/t14-/m1/s1. The van der Waals surface area contributed by atoms with Crippen LogP contribution >= 0.6 is 23.2 Å². The molecule has 106 valence electrons. The molecule has 0 saturated carbocycles. The summed E-state index contributed by atoms with van der Waals surface area (Å²) in [6, 6.07) is 14.6. The lowest BCUT2D eigenvalue weighted by Crippen LogP contribution is -2.06. The summed E-state index contributed by atoms with van der Waals surface area (Å²) in [6.07, 6.45) is 0.123. The Bertz CT molecular complexity index is 702. The van der Waals surface area contributed by atoms with Crippen molar-refractivity contribution in [1.82, 2.24) is 0 Å². The molecule has 0 spiro atoms. The van der Waals surface area contributed by atoms with E-state index in [0.29, 0.717) is 15.6 Å². The second-order valence-electron chi connectivity index (χ2n) is 4.85. The Balaban J connectivity index is 2.18. The van der Waals surface area contributed by atoms with Gasteiger partial charge in [-0.05, 0) is 30.7 Å². The maximum atomic E-state index is 12.3. The fourth-order valence-corrected chi connectivity index (χ4v) is 2.31. The number of hydrogen-bond donors (Lipinski definition) is 0. The van der Waals surface area contributed by atoms with E-state index in [0.717, 1.165) is 11.1 Å². The van der Waals surface area contributed by atoms with Crippen LogP contribution in [-0.2, 0) is 0 Å². The van der Waals surface area contributed by atoms with Gasteiger partial charge in [0.25, 0.3) is 0 Å². The van der Waals surface area contributed by atoms with Crippen molar-refractivity contribution in [2.45, 2.75) is 19.3 Å². The van der Waals surface area contributed by atoms with Crippen LogP contribution in [-0.4, -0.2) is 5.78 Å². The molecule has 0 bridgehead atoms. The Kier molecular flexibility index (Phi) is 5.01. The maximum Gasteiger partial charge on any atom is 0.164 e. The Hall–Kier alpha value is -1.82. The number of ketones is 1. The maximum absolute atomic E-state index is 12.3. The number of nitriles is 1. The lowest BCUT2D eigenvalue weighted by molar-refractivity contribution is 0.0979. The van der Waals surface area contributed by atoms with Gasteiger partial charge >= 0.3 is 0 Å². The van der Waals surface area contributed by atoms with Crippen molar-refractivity contribution in [3.63, 3.8) is 0 Å². The molecule has 0 amide bonds. The molecule has 2 rings (SSSR count). The number of benzene rings is 2. The van der Waals surface area contributed by atoms with Crippen LogP contribution in [0.15, 0.2) is 42.5 Å². The predicted octanol–water partition coefficient (Wildman–Crippen LogP) is 5.18. The highest BCUT2D eigenvalue weighted by Crippen LogP contribution is 2.26. The number of Topliss-reactive ketones (excluding diaryl/α,β-unsaturated/α-hetero) is 1. The van der Waals surface area contributed by atoms with Gasteiger partial charge in [-0.3, -0.25) is 4.79 Å². The summed E-state index contributed by atoms with van der Waals surface area (Å²) in [5.74, 6) is -0.590. The second kappa shape index (κ2) is 6.76. The van der Waals surface area contributed by atoms with Gasteiger partial charge in [0.15, 0.2) is 5.78 Å². The number of hydrogen-bond acceptors (Lipinski definition) is 2. The summed E-state index contributed by atoms with van der Waals surface area (Å²) in [5.41, 5.74) is 2.43. The highest BCUT2D eigenvalue weighted by atomic mass is 35.5. The summed E-state index contributed by atoms with van der Waals surface area (Å²) in [6.45, 7) is 1.98. The molecular weight excluding hydrogens is 305 g/mol. The molecule has 0 unspecified atom stereocenters. The quantitative estimate of drug-likeness (QED) is 0.729. The summed E-state index contributed by atoms with van der Waals surface area (Å²) >= 11 is 11.7. The molecule has 0 fully saturated rings. The molecule has 0 saturated heterocycles. The van der Waals surface area contributed by atoms with E-state index in [9.17, 15) is 10.1 Å². The van der Waals surface area contributed by atoms with E-state index in [2.05, 4.69) is 6.07 Å². The first-order valence-electron chi connectivity index (χ1n) is 6.45. The molecule has 2 aromatic rings. The average molecular weight is 318 g/mol. The van der Waals surface area contributed by atoms with Crippen molar-refractivity contribution in [2.75, 3.05) is 0 Å². The Morgan fingerprint density at radius 1 is 1.14 bits per heavy atom. The lowest BCUT2D eigenvalue weighted by Gasteiger charge is -2.09. The highest BCUT2D eigenvalue weighted by molar-refractivity contribution is 6.42. The first-order valence-corrected chi connectivity index (χ1v) is 7.21. The van der Waals surface area contributed by atoms with Crippen LogP contribution in [0.2, 0.25) is 10.0 Å². The van der Waals surface area contributed by atoms with Gasteiger partial charge in [-0.15, -0.1) is 0 Å². The Morgan fingerprint density at radius 3 is 2.38 bits per heavy atom. The molecule has 0 aliphatic carbocycles. The van der Waals surface area contributed by atoms with Crippen molar-refractivity contribution >= 4 is 29.0 Å². The molecular formula is C17H13Cl2NO. The normalized spacial score (nSPS) is 11.7. The third kappa shape index (κ3) is 3.85. The molecule has 0 heterocycles. The molecule has 4 heteroatoms. The van der Waals surface area contributed by atoms with Gasteiger partial charge in [-0.2, -0.15) is 5.26 Å². The van der Waals surface area contributed by atoms with Gasteiger partial charge in [-0.1, -0.05) is 53.0 Å². The molecule has 21 heavy (non-hydrogen) atoms. The molecule has 0 N–H and O–H groups in total. The van der Waals surface area contributed by atoms with Gasteiger partial charge in [0, 0.05) is 12.0 Å². The van der Waals surface area contributed by atoms with Crippen LogP contribution in [0, 0.1) is 18.3 Å². The minimum atomic E-state index is -0.465. The molecule has 2 nitrogen and oxygen atoms in total. The van der Waals surface area contributed by atoms with Crippen LogP contribution < -0.4 is 0 Å². The zero-order valence-electron chi connectivity index (χ0n) is 11.4. The van der Waals surface area contributed by atoms with E-state index < -0.39 is 5.92 Å². The third-order valence-electron chi connectivity index (χ3n) is 3.27. The van der Waals surface area contributed by atoms with E-state index in [1.807, 2.05) is 31.2 Å². The van der Waals surface area contributed by atoms with Gasteiger partial charge in [-0.25, -0.2) is 0 Å². The minimum absolute atomic E-state index is 0.123. The smallest absolute Gasteiger partial charge is 0.164 e. The molecule has 0 aliphatic heterocycles. The van der Waals surface area contributed by atoms with E-state index in [4.69, 9.17) is 23.2 Å². The summed E-state index contributed by atoms with van der Waals surface area (Å²) < 4.78 is 0. The minimum Gasteiger partial charge on any atom is -0.294 e. The Morgan fingerprint density at radius 2 is 1.81 bits per heavy atom. The van der Waals surface area contributed by atoms with E-state index >= 15 is 0 Å². The topological polar surface area (TPSA) is 40.9 Å². The van der Waals surface area contributed by atoms with Gasteiger partial charge in [0.05, 0.1) is 22.0 Å². The van der Waals surface area contributed by atoms with Crippen LogP contribution in [0.1, 0.15) is 33.8 Å². The number of rotatable bonds is 4. The van der Waals surface area contributed by atoms with E-state index in [-0.39, 0.29) is 12.2 Å². The van der Waals surface area contributed by atoms with Crippen LogP contribution in [0.5, 0.6) is 0 Å². The van der Waals surface area contributed by atoms with Gasteiger partial charge in [0.1, 0.15) is 0 Å². The summed E-state index contributed by atoms with van der Waals surface area (Å²) in [7, 11) is 0.